The third kappa shape index (κ3) is 6.60. The largest absolute Gasteiger partial charge is 0.397 e. The van der Waals surface area contributed by atoms with Crippen LogP contribution in [0.3, 0.4) is 0 Å². The summed E-state index contributed by atoms with van der Waals surface area (Å²) in [7, 11) is 0. The second-order valence-corrected chi connectivity index (χ2v) is 6.11. The highest BCUT2D eigenvalue weighted by Crippen LogP contribution is 2.26. The molecule has 0 spiro atoms. The predicted octanol–water partition coefficient (Wildman–Crippen LogP) is 5.72. The highest BCUT2D eigenvalue weighted by Gasteiger charge is 2.05. The van der Waals surface area contributed by atoms with Gasteiger partial charge in [-0.15, -0.1) is 0 Å². The topological polar surface area (TPSA) is 38.0 Å². The number of benzene rings is 1. The fourth-order valence-corrected chi connectivity index (χ4v) is 2.54. The van der Waals surface area contributed by atoms with Gasteiger partial charge in [-0.05, 0) is 28.4 Å². The molecule has 0 saturated heterocycles. The van der Waals surface area contributed by atoms with Crippen molar-refractivity contribution in [3.8, 4) is 0 Å². The molecule has 1 rings (SSSR count). The van der Waals surface area contributed by atoms with E-state index in [2.05, 4.69) is 28.2 Å². The summed E-state index contributed by atoms with van der Waals surface area (Å²) in [6, 6.07) is 3.05. The van der Waals surface area contributed by atoms with Gasteiger partial charge >= 0.3 is 0 Å². The van der Waals surface area contributed by atoms with Crippen LogP contribution in [0.15, 0.2) is 16.6 Å². The molecule has 0 saturated carbocycles. The molecule has 20 heavy (non-hydrogen) atoms. The van der Waals surface area contributed by atoms with E-state index in [-0.39, 0.29) is 5.82 Å². The second-order valence-electron chi connectivity index (χ2n) is 5.26. The highest BCUT2D eigenvalue weighted by molar-refractivity contribution is 9.10. The van der Waals surface area contributed by atoms with E-state index in [0.29, 0.717) is 10.2 Å². The number of hydrogen-bond donors (Lipinski definition) is 2. The van der Waals surface area contributed by atoms with Crippen molar-refractivity contribution in [2.24, 2.45) is 0 Å². The van der Waals surface area contributed by atoms with E-state index in [9.17, 15) is 4.39 Å². The summed E-state index contributed by atoms with van der Waals surface area (Å²) in [6.07, 6.45) is 10.4. The van der Waals surface area contributed by atoms with Crippen molar-refractivity contribution in [1.82, 2.24) is 0 Å². The van der Waals surface area contributed by atoms with Crippen LogP contribution in [0.5, 0.6) is 0 Å². The molecular formula is C16H26BrFN2. The van der Waals surface area contributed by atoms with Crippen LogP contribution >= 0.6 is 15.9 Å². The average Bonchev–Trinajstić information content (AvgIpc) is 2.42. The molecule has 114 valence electrons. The molecule has 0 aromatic heterocycles. The minimum atomic E-state index is -0.319. The summed E-state index contributed by atoms with van der Waals surface area (Å²) >= 11 is 3.17. The number of nitrogens with two attached hydrogens (primary N) is 1. The molecule has 0 aliphatic heterocycles. The van der Waals surface area contributed by atoms with Crippen LogP contribution in [-0.2, 0) is 0 Å². The maximum Gasteiger partial charge on any atom is 0.139 e. The van der Waals surface area contributed by atoms with Crippen LogP contribution in [0.2, 0.25) is 0 Å². The molecule has 0 aliphatic carbocycles. The molecule has 4 heteroatoms. The van der Waals surface area contributed by atoms with E-state index >= 15 is 0 Å². The fraction of sp³-hybridized carbons (Fsp3) is 0.625. The summed E-state index contributed by atoms with van der Waals surface area (Å²) in [5, 5.41) is 3.27. The average molecular weight is 345 g/mol. The lowest BCUT2D eigenvalue weighted by Gasteiger charge is -2.10. The van der Waals surface area contributed by atoms with Crippen LogP contribution in [0.4, 0.5) is 15.8 Å². The lowest BCUT2D eigenvalue weighted by molar-refractivity contribution is 0.581. The Bertz CT molecular complexity index is 396. The van der Waals surface area contributed by atoms with E-state index in [0.717, 1.165) is 18.7 Å². The van der Waals surface area contributed by atoms with Crippen LogP contribution in [0.1, 0.15) is 58.3 Å². The van der Waals surface area contributed by atoms with Crippen LogP contribution in [-0.4, -0.2) is 6.54 Å². The molecule has 0 radical (unpaired) electrons. The van der Waals surface area contributed by atoms with Crippen molar-refractivity contribution in [2.75, 3.05) is 17.6 Å². The summed E-state index contributed by atoms with van der Waals surface area (Å²) in [6.45, 7) is 3.13. The number of rotatable bonds is 10. The SMILES string of the molecule is CCCCCCCCCCNc1cc(Br)c(F)cc1N. The summed E-state index contributed by atoms with van der Waals surface area (Å²) in [4.78, 5) is 0. The maximum absolute atomic E-state index is 13.2. The van der Waals surface area contributed by atoms with E-state index in [1.807, 2.05) is 0 Å². The minimum absolute atomic E-state index is 0.319. The molecule has 2 nitrogen and oxygen atoms in total. The lowest BCUT2D eigenvalue weighted by atomic mass is 10.1. The zero-order chi connectivity index (χ0) is 14.8. The molecular weight excluding hydrogens is 319 g/mol. The molecule has 1 aromatic carbocycles. The highest BCUT2D eigenvalue weighted by atomic mass is 79.9. The Morgan fingerprint density at radius 2 is 1.65 bits per heavy atom. The zero-order valence-corrected chi connectivity index (χ0v) is 13.9. The fourth-order valence-electron chi connectivity index (χ4n) is 2.20. The first-order valence-corrected chi connectivity index (χ1v) is 8.42. The van der Waals surface area contributed by atoms with Gasteiger partial charge in [0.05, 0.1) is 15.8 Å². The second kappa shape index (κ2) is 10.0. The Morgan fingerprint density at radius 3 is 2.30 bits per heavy atom. The summed E-state index contributed by atoms with van der Waals surface area (Å²) < 4.78 is 13.7. The van der Waals surface area contributed by atoms with Crippen molar-refractivity contribution in [3.63, 3.8) is 0 Å². The first kappa shape index (κ1) is 17.3. The minimum Gasteiger partial charge on any atom is -0.397 e. The lowest BCUT2D eigenvalue weighted by Crippen LogP contribution is -2.04. The number of nitrogen functional groups attached to an aromatic ring is 1. The predicted molar refractivity (Wildman–Crippen MR) is 89.6 cm³/mol. The molecule has 0 bridgehead atoms. The van der Waals surface area contributed by atoms with Gasteiger partial charge in [-0.2, -0.15) is 0 Å². The Kier molecular flexibility index (Phi) is 8.67. The van der Waals surface area contributed by atoms with E-state index < -0.39 is 0 Å². The van der Waals surface area contributed by atoms with Crippen LogP contribution in [0, 0.1) is 5.82 Å². The Hall–Kier alpha value is -0.770. The van der Waals surface area contributed by atoms with E-state index in [4.69, 9.17) is 5.73 Å². The van der Waals surface area contributed by atoms with Crippen molar-refractivity contribution in [1.29, 1.82) is 0 Å². The van der Waals surface area contributed by atoms with E-state index in [1.165, 1.54) is 51.0 Å². The quantitative estimate of drug-likeness (QED) is 0.420. The first-order valence-electron chi connectivity index (χ1n) is 7.63. The van der Waals surface area contributed by atoms with Gasteiger partial charge in [0.15, 0.2) is 0 Å². The van der Waals surface area contributed by atoms with Gasteiger partial charge in [0.1, 0.15) is 5.82 Å². The Labute approximate surface area is 130 Å². The number of nitrogens with one attached hydrogen (secondary N) is 1. The van der Waals surface area contributed by atoms with Gasteiger partial charge in [0.25, 0.3) is 0 Å². The molecule has 0 heterocycles. The van der Waals surface area contributed by atoms with Crippen molar-refractivity contribution in [3.05, 3.63) is 22.4 Å². The molecule has 0 aliphatic rings. The Morgan fingerprint density at radius 1 is 1.05 bits per heavy atom. The van der Waals surface area contributed by atoms with Crippen LogP contribution < -0.4 is 11.1 Å². The van der Waals surface area contributed by atoms with Gasteiger partial charge in [0, 0.05) is 12.6 Å². The molecule has 1 aromatic rings. The van der Waals surface area contributed by atoms with Gasteiger partial charge < -0.3 is 11.1 Å². The zero-order valence-electron chi connectivity index (χ0n) is 12.4. The number of halogens is 2. The number of hydrogen-bond acceptors (Lipinski definition) is 2. The standard InChI is InChI=1S/C16H26BrFN2/c1-2-3-4-5-6-7-8-9-10-20-16-11-13(17)14(18)12-15(16)19/h11-12,20H,2-10,19H2,1H3. The Balaban J connectivity index is 2.11. The number of anilines is 2. The smallest absolute Gasteiger partial charge is 0.139 e. The third-order valence-electron chi connectivity index (χ3n) is 3.44. The summed E-state index contributed by atoms with van der Waals surface area (Å²) in [5.74, 6) is -0.319. The molecule has 0 unspecified atom stereocenters. The van der Waals surface area contributed by atoms with Crippen molar-refractivity contribution in [2.45, 2.75) is 58.3 Å². The molecule has 3 N–H and O–H groups in total. The summed E-state index contributed by atoms with van der Waals surface area (Å²) in [5.41, 5.74) is 7.05. The first-order chi connectivity index (χ1) is 9.65. The van der Waals surface area contributed by atoms with Gasteiger partial charge in [0.2, 0.25) is 0 Å². The monoisotopic (exact) mass is 344 g/mol. The van der Waals surface area contributed by atoms with E-state index in [1.54, 1.807) is 6.07 Å². The molecule has 0 atom stereocenters. The van der Waals surface area contributed by atoms with Crippen molar-refractivity contribution < 1.29 is 4.39 Å². The maximum atomic E-state index is 13.2. The van der Waals surface area contributed by atoms with Gasteiger partial charge in [-0.3, -0.25) is 0 Å². The molecule has 0 fully saturated rings. The third-order valence-corrected chi connectivity index (χ3v) is 4.05. The van der Waals surface area contributed by atoms with Gasteiger partial charge in [-0.25, -0.2) is 4.39 Å². The van der Waals surface area contributed by atoms with Crippen LogP contribution in [0.25, 0.3) is 0 Å². The van der Waals surface area contributed by atoms with Gasteiger partial charge in [-0.1, -0.05) is 51.9 Å². The van der Waals surface area contributed by atoms with Crippen molar-refractivity contribution >= 4 is 27.3 Å². The molecule has 0 amide bonds. The normalized spacial score (nSPS) is 10.8. The number of unbranched alkanes of at least 4 members (excludes halogenated alkanes) is 7.